The lowest BCUT2D eigenvalue weighted by Gasteiger charge is -2.26. The molecule has 0 amide bonds. The van der Waals surface area contributed by atoms with Crippen LogP contribution in [0.2, 0.25) is 0 Å². The third kappa shape index (κ3) is 10.6. The Morgan fingerprint density at radius 3 is 0.977 bits per heavy atom. The van der Waals surface area contributed by atoms with Crippen LogP contribution >= 0.6 is 0 Å². The number of rotatable bonds is 10. The Hall–Kier alpha value is -17.7. The van der Waals surface area contributed by atoms with Crippen molar-refractivity contribution in [3.63, 3.8) is 0 Å². The van der Waals surface area contributed by atoms with Gasteiger partial charge in [-0.1, -0.05) is 273 Å². The van der Waals surface area contributed by atoms with Crippen LogP contribution in [-0.2, 0) is 0 Å². The maximum Gasteiger partial charge on any atom is 0.164 e. The van der Waals surface area contributed by atoms with E-state index in [9.17, 15) is 0 Å². The quantitative estimate of drug-likeness (QED) is 0.0984. The Morgan fingerprint density at radius 2 is 0.523 bits per heavy atom. The molecule has 8 aromatic heterocycles. The van der Waals surface area contributed by atoms with E-state index in [1.165, 1.54) is 151 Å². The lowest BCUT2D eigenvalue weighted by atomic mass is 9.89. The van der Waals surface area contributed by atoms with Crippen LogP contribution in [0.1, 0.15) is 0 Å². The van der Waals surface area contributed by atoms with Crippen LogP contribution in [0, 0.1) is 0 Å². The second-order valence-electron chi connectivity index (χ2n) is 34.1. The summed E-state index contributed by atoms with van der Waals surface area (Å²) >= 11 is 0. The summed E-state index contributed by atoms with van der Waals surface area (Å²) in [4.78, 5) is 36.9. The third-order valence-electron chi connectivity index (χ3n) is 27.2. The molecule has 0 fully saturated rings. The maximum absolute atomic E-state index is 5.04. The molecule has 11 heteroatoms. The van der Waals surface area contributed by atoms with Crippen LogP contribution in [0.3, 0.4) is 0 Å². The highest BCUT2D eigenvalue weighted by Crippen LogP contribution is 2.54. The largest absolute Gasteiger partial charge is 0.310 e. The second-order valence-corrected chi connectivity index (χ2v) is 34.1. The molecule has 0 atom stereocenters. The van der Waals surface area contributed by atoms with E-state index in [4.69, 9.17) is 34.9 Å². The van der Waals surface area contributed by atoms with Crippen molar-refractivity contribution in [2.75, 3.05) is 4.90 Å². The van der Waals surface area contributed by atoms with Gasteiger partial charge in [-0.05, 0) is 213 Å². The fraction of sp³-hybridized carbons (Fsp3) is 0. The van der Waals surface area contributed by atoms with Crippen molar-refractivity contribution in [1.82, 2.24) is 48.6 Å². The first-order chi connectivity index (χ1) is 64.5. The number of anilines is 3. The molecule has 0 aliphatic rings. The molecule has 0 saturated carbocycles. The van der Waals surface area contributed by atoms with Gasteiger partial charge in [-0.2, -0.15) is 0 Å². The van der Waals surface area contributed by atoms with Gasteiger partial charge in [0.15, 0.2) is 17.5 Å². The van der Waals surface area contributed by atoms with E-state index in [-0.39, 0.29) is 0 Å². The zero-order valence-electron chi connectivity index (χ0n) is 69.8. The Kier molecular flexibility index (Phi) is 15.4. The van der Waals surface area contributed by atoms with E-state index in [0.717, 1.165) is 106 Å². The first kappa shape index (κ1) is 71.7. The smallest absolute Gasteiger partial charge is 0.164 e. The van der Waals surface area contributed by atoms with Gasteiger partial charge in [0.05, 0.1) is 49.7 Å². The molecule has 0 saturated heterocycles. The fourth-order valence-electron chi connectivity index (χ4n) is 21.8. The number of hydrogen-bond donors (Lipinski definition) is 0. The fourth-order valence-corrected chi connectivity index (χ4v) is 21.8. The number of pyridine rings is 4. The van der Waals surface area contributed by atoms with Crippen LogP contribution in [0.15, 0.2) is 419 Å². The van der Waals surface area contributed by atoms with Crippen LogP contribution < -0.4 is 4.90 Å². The zero-order chi connectivity index (χ0) is 84.9. The van der Waals surface area contributed by atoms with Gasteiger partial charge in [0.1, 0.15) is 5.82 Å². The monoisotopic (exact) mass is 1650 g/mol. The van der Waals surface area contributed by atoms with Gasteiger partial charge in [0, 0.05) is 135 Å². The predicted molar refractivity (Wildman–Crippen MR) is 541 cm³/mol. The van der Waals surface area contributed by atoms with Gasteiger partial charge < -0.3 is 14.0 Å². The number of para-hydroxylation sites is 1. The minimum absolute atomic E-state index is 0.628. The molecular formula is C119H69N11. The summed E-state index contributed by atoms with van der Waals surface area (Å²) in [7, 11) is 0. The van der Waals surface area contributed by atoms with E-state index >= 15 is 0 Å². The van der Waals surface area contributed by atoms with Gasteiger partial charge in [-0.25, -0.2) is 19.9 Å². The first-order valence-electron chi connectivity index (χ1n) is 44.1. The van der Waals surface area contributed by atoms with Gasteiger partial charge >= 0.3 is 0 Å². The number of nitrogens with zero attached hydrogens (tertiary/aromatic N) is 11. The molecule has 0 radical (unpaired) electrons. The minimum Gasteiger partial charge on any atom is -0.310 e. The highest BCUT2D eigenvalue weighted by atomic mass is 15.1. The lowest BCUT2D eigenvalue weighted by molar-refractivity contribution is 1.07. The second kappa shape index (κ2) is 27.9. The van der Waals surface area contributed by atoms with Crippen molar-refractivity contribution in [3.8, 4) is 62.5 Å². The Morgan fingerprint density at radius 1 is 0.185 bits per heavy atom. The summed E-state index contributed by atoms with van der Waals surface area (Å²) < 4.78 is 7.15. The molecule has 8 heterocycles. The molecule has 600 valence electrons. The number of aromatic nitrogens is 10. The van der Waals surface area contributed by atoms with E-state index in [0.29, 0.717) is 17.5 Å². The summed E-state index contributed by atoms with van der Waals surface area (Å²) in [6.07, 6.45) is 7.57. The normalized spacial score (nSPS) is 12.2. The SMILES string of the molecule is c1ccc(-c2ccc(N(c3ccccc3)c3cccc(-n4c5ccc6ccc7cccc8c9cc%10cccnc%10c4c9c5c6c78)c3)cc2)cc1.c1ccc(-c2nc(-c3ccccc3)nc(-c3cccc(-n4c5ccc6ccc7cccc8c9cc%10cccnc%10c4c9c5c6c78)c3)n2)cc1.c1ccc(-n2c3ccc4ccc5cccc6c7cc8cccnc8c2c7c3c4c56)nc1. The summed E-state index contributed by atoms with van der Waals surface area (Å²) in [5.41, 5.74) is 20.6. The van der Waals surface area contributed by atoms with E-state index in [1.54, 1.807) is 0 Å². The molecule has 0 bridgehead atoms. The van der Waals surface area contributed by atoms with Crippen molar-refractivity contribution >= 4 is 212 Å². The molecule has 30 rings (SSSR count). The van der Waals surface area contributed by atoms with Crippen molar-refractivity contribution in [2.45, 2.75) is 0 Å². The minimum atomic E-state index is 0.628. The molecule has 0 aliphatic heterocycles. The predicted octanol–water partition coefficient (Wildman–Crippen LogP) is 30.7. The average molecular weight is 1650 g/mol. The Bertz CT molecular complexity index is 9680. The van der Waals surface area contributed by atoms with Gasteiger partial charge in [0.25, 0.3) is 0 Å². The molecule has 30 aromatic rings. The van der Waals surface area contributed by atoms with Crippen molar-refractivity contribution in [3.05, 3.63) is 419 Å². The summed E-state index contributed by atoms with van der Waals surface area (Å²) in [5.74, 6) is 2.84. The van der Waals surface area contributed by atoms with E-state index in [2.05, 4.69) is 322 Å². The van der Waals surface area contributed by atoms with Gasteiger partial charge in [0.2, 0.25) is 0 Å². The molecule has 0 spiro atoms. The molecule has 130 heavy (non-hydrogen) atoms. The summed E-state index contributed by atoms with van der Waals surface area (Å²) in [6.45, 7) is 0. The highest BCUT2D eigenvalue weighted by Gasteiger charge is 2.30. The summed E-state index contributed by atoms with van der Waals surface area (Å²) in [6, 6.07) is 141. The van der Waals surface area contributed by atoms with Crippen molar-refractivity contribution in [1.29, 1.82) is 0 Å². The van der Waals surface area contributed by atoms with E-state index in [1.807, 2.05) is 116 Å². The van der Waals surface area contributed by atoms with E-state index < -0.39 is 0 Å². The molecule has 22 aromatic carbocycles. The van der Waals surface area contributed by atoms with Crippen LogP contribution in [-0.4, -0.2) is 48.6 Å². The van der Waals surface area contributed by atoms with Gasteiger partial charge in [-0.15, -0.1) is 0 Å². The number of benzene rings is 22. The first-order valence-corrected chi connectivity index (χ1v) is 44.1. The maximum atomic E-state index is 5.04. The van der Waals surface area contributed by atoms with Crippen LogP contribution in [0.5, 0.6) is 0 Å². The lowest BCUT2D eigenvalue weighted by Crippen LogP contribution is -2.10. The number of hydrogen-bond acceptors (Lipinski definition) is 8. The molecule has 0 unspecified atom stereocenters. The average Bonchev–Trinajstić information content (AvgIpc) is 1.52. The Balaban J connectivity index is 0.000000101. The molecule has 0 N–H and O–H groups in total. The highest BCUT2D eigenvalue weighted by molar-refractivity contribution is 6.46. The van der Waals surface area contributed by atoms with Crippen molar-refractivity contribution < 1.29 is 0 Å². The zero-order valence-corrected chi connectivity index (χ0v) is 69.8. The Labute approximate surface area is 742 Å². The topological polar surface area (TPSA) is 108 Å². The molecule has 11 nitrogen and oxygen atoms in total. The van der Waals surface area contributed by atoms with Gasteiger partial charge in [-0.3, -0.25) is 19.5 Å². The summed E-state index contributed by atoms with van der Waals surface area (Å²) in [5, 5.41) is 34.4. The molecular weight excluding hydrogens is 1580 g/mol. The number of fused-ring (bicyclic) bond motifs is 9. The van der Waals surface area contributed by atoms with Crippen molar-refractivity contribution in [2.24, 2.45) is 0 Å². The van der Waals surface area contributed by atoms with Crippen LogP contribution in [0.25, 0.3) is 258 Å². The third-order valence-corrected chi connectivity index (χ3v) is 27.2. The standard InChI is InChI=1S/C47H29N3.C44H25N5.C28H15N3/c1-3-10-30(11-4-1)31-21-24-36(25-22-31)49(35-14-5-2-6-15-35)37-16-8-17-38(29-37)50-41-26-23-33-20-19-32-12-7-18-39-40-28-34-13-9-27-48-46(34)47(50)44(40)45(41)43(33)42(32)39;1-3-10-28(11-4-1)42-46-43(29-12-5-2-6-13-29)48-44(47-42)31-15-7-17-32(24-31)49-35-22-21-27-20-19-26-14-8-18-33-34-25-30-16-9-23-45-40(30)41(49)38(34)39(35)37(27)36(26)33;1-2-13-29-22(8-1)31-21-12-11-17-10-9-16-5-3-7-19-20-15-18-6-4-14-30-27(18)28(31)25(20)26(21)24(17)23(16)19/h1-29H;1-25H;1-15H. The molecule has 0 aliphatic carbocycles. The van der Waals surface area contributed by atoms with Crippen LogP contribution in [0.4, 0.5) is 17.1 Å².